The fourth-order valence-electron chi connectivity index (χ4n) is 3.69. The van der Waals surface area contributed by atoms with Crippen LogP contribution in [-0.4, -0.2) is 27.3 Å². The van der Waals surface area contributed by atoms with Crippen molar-refractivity contribution in [2.24, 2.45) is 17.8 Å². The van der Waals surface area contributed by atoms with Gasteiger partial charge in [0.05, 0.1) is 14.2 Å². The summed E-state index contributed by atoms with van der Waals surface area (Å²) in [6, 6.07) is 6.17. The highest BCUT2D eigenvalue weighted by Gasteiger charge is 2.34. The summed E-state index contributed by atoms with van der Waals surface area (Å²) in [5.41, 5.74) is 1.29. The van der Waals surface area contributed by atoms with Crippen LogP contribution < -0.4 is 14.8 Å². The molecule has 3 heteroatoms. The molecule has 0 spiro atoms. The van der Waals surface area contributed by atoms with Crippen LogP contribution in [0.25, 0.3) is 0 Å². The highest BCUT2D eigenvalue weighted by molar-refractivity contribution is 5.42. The molecule has 1 fully saturated rings. The van der Waals surface area contributed by atoms with Gasteiger partial charge in [0.15, 0.2) is 11.5 Å². The van der Waals surface area contributed by atoms with Crippen molar-refractivity contribution < 1.29 is 9.47 Å². The van der Waals surface area contributed by atoms with E-state index < -0.39 is 0 Å². The van der Waals surface area contributed by atoms with Gasteiger partial charge in [0.1, 0.15) is 0 Å². The average molecular weight is 287 g/mol. The Morgan fingerprint density at radius 2 is 1.95 bits per heavy atom. The fraction of sp³-hybridized carbons (Fsp3) is 0.556. The average Bonchev–Trinajstić information content (AvgIpc) is 3.14. The van der Waals surface area contributed by atoms with Gasteiger partial charge in [0.2, 0.25) is 0 Å². The first kappa shape index (κ1) is 14.5. The zero-order chi connectivity index (χ0) is 14.7. The van der Waals surface area contributed by atoms with Crippen molar-refractivity contribution in [1.82, 2.24) is 5.32 Å². The van der Waals surface area contributed by atoms with Crippen molar-refractivity contribution >= 4 is 0 Å². The molecule has 1 aromatic carbocycles. The number of allylic oxidation sites excluding steroid dienone is 2. The van der Waals surface area contributed by atoms with Gasteiger partial charge in [0, 0.05) is 0 Å². The van der Waals surface area contributed by atoms with E-state index in [9.17, 15) is 0 Å². The fourth-order valence-corrected chi connectivity index (χ4v) is 3.69. The second-order valence-electron chi connectivity index (χ2n) is 6.18. The predicted octanol–water partition coefficient (Wildman–Crippen LogP) is 3.05. The summed E-state index contributed by atoms with van der Waals surface area (Å²) in [4.78, 5) is 0. The van der Waals surface area contributed by atoms with E-state index >= 15 is 0 Å². The Hall–Kier alpha value is -1.48. The second kappa shape index (κ2) is 6.52. The number of ether oxygens (including phenoxy) is 2. The normalized spacial score (nSPS) is 26.3. The van der Waals surface area contributed by atoms with Gasteiger partial charge in [-0.05, 0) is 67.8 Å². The lowest BCUT2D eigenvalue weighted by molar-refractivity contribution is 0.354. The lowest BCUT2D eigenvalue weighted by Crippen LogP contribution is -2.27. The number of fused-ring (bicyclic) bond motifs is 2. The molecule has 0 saturated heterocycles. The summed E-state index contributed by atoms with van der Waals surface area (Å²) in [6.45, 7) is 2.17. The van der Waals surface area contributed by atoms with E-state index in [0.29, 0.717) is 0 Å². The number of nitrogens with one attached hydrogen (secondary N) is 1. The van der Waals surface area contributed by atoms with Crippen molar-refractivity contribution in [3.8, 4) is 11.5 Å². The van der Waals surface area contributed by atoms with Gasteiger partial charge < -0.3 is 14.8 Å². The predicted molar refractivity (Wildman–Crippen MR) is 85.0 cm³/mol. The van der Waals surface area contributed by atoms with Crippen LogP contribution in [0, 0.1) is 17.8 Å². The second-order valence-corrected chi connectivity index (χ2v) is 6.18. The number of rotatable bonds is 7. The molecule has 3 nitrogen and oxygen atoms in total. The molecule has 21 heavy (non-hydrogen) atoms. The number of hydrogen-bond acceptors (Lipinski definition) is 3. The number of hydrogen-bond donors (Lipinski definition) is 1. The molecular formula is C18H25NO2. The maximum absolute atomic E-state index is 5.34. The minimum atomic E-state index is 0.794. The number of methoxy groups -OCH3 is 2. The van der Waals surface area contributed by atoms with Crippen LogP contribution in [0.2, 0.25) is 0 Å². The molecule has 114 valence electrons. The van der Waals surface area contributed by atoms with E-state index in [0.717, 1.165) is 48.8 Å². The minimum Gasteiger partial charge on any atom is -0.493 e. The van der Waals surface area contributed by atoms with Crippen LogP contribution >= 0.6 is 0 Å². The topological polar surface area (TPSA) is 30.5 Å². The molecule has 0 aromatic heterocycles. The third kappa shape index (κ3) is 3.24. The summed E-state index contributed by atoms with van der Waals surface area (Å²) in [6.07, 6.45) is 8.63. The zero-order valence-corrected chi connectivity index (χ0v) is 13.0. The van der Waals surface area contributed by atoms with Gasteiger partial charge in [-0.2, -0.15) is 0 Å². The minimum absolute atomic E-state index is 0.794. The Morgan fingerprint density at radius 1 is 1.10 bits per heavy atom. The van der Waals surface area contributed by atoms with Crippen LogP contribution in [0.1, 0.15) is 18.4 Å². The quantitative estimate of drug-likeness (QED) is 0.617. The van der Waals surface area contributed by atoms with Gasteiger partial charge in [-0.25, -0.2) is 0 Å². The summed E-state index contributed by atoms with van der Waals surface area (Å²) in [5, 5.41) is 3.62. The molecule has 0 aliphatic heterocycles. The molecule has 1 saturated carbocycles. The third-order valence-electron chi connectivity index (χ3n) is 4.86. The largest absolute Gasteiger partial charge is 0.493 e. The van der Waals surface area contributed by atoms with Gasteiger partial charge in [0.25, 0.3) is 0 Å². The van der Waals surface area contributed by atoms with E-state index in [1.54, 1.807) is 14.2 Å². The van der Waals surface area contributed by atoms with E-state index in [4.69, 9.17) is 9.47 Å². The molecule has 2 aliphatic rings. The van der Waals surface area contributed by atoms with E-state index in [-0.39, 0.29) is 0 Å². The smallest absolute Gasteiger partial charge is 0.160 e. The maximum Gasteiger partial charge on any atom is 0.160 e. The monoisotopic (exact) mass is 287 g/mol. The summed E-state index contributed by atoms with van der Waals surface area (Å²) in [7, 11) is 3.35. The first-order chi connectivity index (χ1) is 10.3. The lowest BCUT2D eigenvalue weighted by Gasteiger charge is -2.18. The van der Waals surface area contributed by atoms with Crippen molar-refractivity contribution in [3.05, 3.63) is 35.9 Å². The highest BCUT2D eigenvalue weighted by atomic mass is 16.5. The molecule has 1 aromatic rings. The van der Waals surface area contributed by atoms with Gasteiger partial charge >= 0.3 is 0 Å². The molecule has 0 radical (unpaired) electrons. The first-order valence-electron chi connectivity index (χ1n) is 7.90. The Labute approximate surface area is 127 Å². The molecule has 2 aliphatic carbocycles. The van der Waals surface area contributed by atoms with Gasteiger partial charge in [-0.3, -0.25) is 0 Å². The molecule has 0 amide bonds. The van der Waals surface area contributed by atoms with E-state index in [1.165, 1.54) is 18.4 Å². The summed E-state index contributed by atoms with van der Waals surface area (Å²) in [5.74, 6) is 4.16. The van der Waals surface area contributed by atoms with Crippen LogP contribution in [0.15, 0.2) is 30.4 Å². The molecule has 3 atom stereocenters. The first-order valence-corrected chi connectivity index (χ1v) is 7.90. The van der Waals surface area contributed by atoms with Crippen LogP contribution in [-0.2, 0) is 6.42 Å². The molecule has 2 bridgehead atoms. The highest BCUT2D eigenvalue weighted by Crippen LogP contribution is 2.42. The molecular weight excluding hydrogens is 262 g/mol. The SMILES string of the molecule is COc1ccc(CCNCC2CC3C=CC2C3)cc1OC. The maximum atomic E-state index is 5.34. The molecule has 3 unspecified atom stereocenters. The Morgan fingerprint density at radius 3 is 2.62 bits per heavy atom. The van der Waals surface area contributed by atoms with E-state index in [1.807, 2.05) is 6.07 Å². The van der Waals surface area contributed by atoms with Gasteiger partial charge in [-0.15, -0.1) is 0 Å². The van der Waals surface area contributed by atoms with Crippen molar-refractivity contribution in [2.45, 2.75) is 19.3 Å². The van der Waals surface area contributed by atoms with E-state index in [2.05, 4.69) is 29.6 Å². The van der Waals surface area contributed by atoms with Crippen LogP contribution in [0.4, 0.5) is 0 Å². The lowest BCUT2D eigenvalue weighted by atomic mass is 9.93. The molecule has 3 rings (SSSR count). The molecule has 1 N–H and O–H groups in total. The summed E-state index contributed by atoms with van der Waals surface area (Å²) >= 11 is 0. The van der Waals surface area contributed by atoms with Gasteiger partial charge in [-0.1, -0.05) is 18.2 Å². The third-order valence-corrected chi connectivity index (χ3v) is 4.86. The Balaban J connectivity index is 1.44. The van der Waals surface area contributed by atoms with Crippen molar-refractivity contribution in [1.29, 1.82) is 0 Å². The Bertz CT molecular complexity index is 512. The van der Waals surface area contributed by atoms with Crippen LogP contribution in [0.3, 0.4) is 0 Å². The number of benzene rings is 1. The van der Waals surface area contributed by atoms with Crippen molar-refractivity contribution in [3.63, 3.8) is 0 Å². The van der Waals surface area contributed by atoms with Crippen LogP contribution in [0.5, 0.6) is 11.5 Å². The summed E-state index contributed by atoms with van der Waals surface area (Å²) < 4.78 is 10.6. The zero-order valence-electron chi connectivity index (χ0n) is 13.0. The van der Waals surface area contributed by atoms with Crippen molar-refractivity contribution in [2.75, 3.05) is 27.3 Å². The molecule has 0 heterocycles. The Kier molecular flexibility index (Phi) is 4.49. The standard InChI is InChI=1S/C18H25NO2/c1-20-17-6-4-13(11-18(17)21-2)7-8-19-12-16-10-14-3-5-15(16)9-14/h3-6,11,14-16,19H,7-10,12H2,1-2H3.